The molecule has 1 heterocycles. The zero-order chi connectivity index (χ0) is 12.4. The summed E-state index contributed by atoms with van der Waals surface area (Å²) >= 11 is 0. The quantitative estimate of drug-likeness (QED) is 0.870. The van der Waals surface area contributed by atoms with Crippen LogP contribution < -0.4 is 10.6 Å². The highest BCUT2D eigenvalue weighted by Gasteiger charge is 2.21. The average Bonchev–Trinajstić information content (AvgIpc) is 2.60. The van der Waals surface area contributed by atoms with Gasteiger partial charge in [0.1, 0.15) is 5.82 Å². The van der Waals surface area contributed by atoms with Gasteiger partial charge in [-0.3, -0.25) is 0 Å². The normalized spacial score (nSPS) is 16.4. The summed E-state index contributed by atoms with van der Waals surface area (Å²) in [4.78, 5) is 2.21. The molecule has 2 rings (SSSR count). The Morgan fingerprint density at radius 3 is 2.88 bits per heavy atom. The fraction of sp³-hybridized carbons (Fsp3) is 0.571. The van der Waals surface area contributed by atoms with E-state index in [1.807, 2.05) is 6.07 Å². The lowest BCUT2D eigenvalue weighted by Gasteiger charge is -2.24. The molecule has 1 aliphatic heterocycles. The summed E-state index contributed by atoms with van der Waals surface area (Å²) in [5.74, 6) is 0.452. The number of nitrogens with two attached hydrogens (primary N) is 1. The lowest BCUT2D eigenvalue weighted by Crippen LogP contribution is -2.37. The van der Waals surface area contributed by atoms with Gasteiger partial charge in [-0.1, -0.05) is 19.9 Å². The second-order valence-electron chi connectivity index (χ2n) is 5.36. The van der Waals surface area contributed by atoms with Gasteiger partial charge in [-0.15, -0.1) is 0 Å². The number of fused-ring (bicyclic) bond motifs is 1. The van der Waals surface area contributed by atoms with Crippen LogP contribution in [-0.4, -0.2) is 19.1 Å². The standard InChI is InChI=1S/C14H21FN2/c1-10(2)7-13(16)9-17-6-5-11-3-4-12(15)8-14(11)17/h3-4,8,10,13H,5-7,9,16H2,1-2H3. The largest absolute Gasteiger partial charge is 0.369 e. The van der Waals surface area contributed by atoms with E-state index in [9.17, 15) is 4.39 Å². The number of hydrogen-bond donors (Lipinski definition) is 1. The highest BCUT2D eigenvalue weighted by molar-refractivity contribution is 5.58. The summed E-state index contributed by atoms with van der Waals surface area (Å²) in [5, 5.41) is 0. The van der Waals surface area contributed by atoms with Crippen molar-refractivity contribution in [3.05, 3.63) is 29.6 Å². The van der Waals surface area contributed by atoms with Crippen LogP contribution in [0.2, 0.25) is 0 Å². The average molecular weight is 236 g/mol. The number of benzene rings is 1. The van der Waals surface area contributed by atoms with Crippen LogP contribution in [-0.2, 0) is 6.42 Å². The fourth-order valence-corrected chi connectivity index (χ4v) is 2.57. The molecule has 17 heavy (non-hydrogen) atoms. The molecule has 0 aliphatic carbocycles. The smallest absolute Gasteiger partial charge is 0.125 e. The van der Waals surface area contributed by atoms with Gasteiger partial charge in [0, 0.05) is 24.8 Å². The number of hydrogen-bond acceptors (Lipinski definition) is 2. The van der Waals surface area contributed by atoms with E-state index >= 15 is 0 Å². The Kier molecular flexibility index (Phi) is 3.67. The van der Waals surface area contributed by atoms with E-state index in [0.717, 1.165) is 31.6 Å². The molecule has 1 unspecified atom stereocenters. The molecule has 1 aliphatic rings. The second-order valence-corrected chi connectivity index (χ2v) is 5.36. The van der Waals surface area contributed by atoms with Crippen molar-refractivity contribution >= 4 is 5.69 Å². The molecule has 0 radical (unpaired) electrons. The van der Waals surface area contributed by atoms with Gasteiger partial charge in [-0.2, -0.15) is 0 Å². The summed E-state index contributed by atoms with van der Waals surface area (Å²) in [7, 11) is 0. The molecule has 0 saturated heterocycles. The van der Waals surface area contributed by atoms with Crippen molar-refractivity contribution in [3.8, 4) is 0 Å². The maximum Gasteiger partial charge on any atom is 0.125 e. The van der Waals surface area contributed by atoms with E-state index in [0.29, 0.717) is 5.92 Å². The number of nitrogens with zero attached hydrogens (tertiary/aromatic N) is 1. The Balaban J connectivity index is 2.04. The number of rotatable bonds is 4. The predicted molar refractivity (Wildman–Crippen MR) is 69.7 cm³/mol. The van der Waals surface area contributed by atoms with Crippen LogP contribution >= 0.6 is 0 Å². The van der Waals surface area contributed by atoms with Crippen molar-refractivity contribution in [1.82, 2.24) is 0 Å². The molecule has 0 bridgehead atoms. The molecule has 0 amide bonds. The first kappa shape index (κ1) is 12.4. The summed E-state index contributed by atoms with van der Waals surface area (Å²) in [6, 6.07) is 5.23. The Morgan fingerprint density at radius 1 is 1.41 bits per heavy atom. The first-order valence-corrected chi connectivity index (χ1v) is 6.35. The zero-order valence-corrected chi connectivity index (χ0v) is 10.6. The van der Waals surface area contributed by atoms with Crippen LogP contribution in [0.25, 0.3) is 0 Å². The lowest BCUT2D eigenvalue weighted by atomic mass is 10.0. The van der Waals surface area contributed by atoms with Gasteiger partial charge < -0.3 is 10.6 Å². The second kappa shape index (κ2) is 5.05. The van der Waals surface area contributed by atoms with Crippen LogP contribution in [0.1, 0.15) is 25.8 Å². The lowest BCUT2D eigenvalue weighted by molar-refractivity contribution is 0.491. The minimum absolute atomic E-state index is 0.159. The first-order chi connectivity index (χ1) is 8.06. The van der Waals surface area contributed by atoms with Crippen LogP contribution in [0.3, 0.4) is 0 Å². The number of anilines is 1. The third kappa shape index (κ3) is 2.97. The SMILES string of the molecule is CC(C)CC(N)CN1CCc2ccc(F)cc21. The summed E-state index contributed by atoms with van der Waals surface area (Å²) < 4.78 is 13.2. The zero-order valence-electron chi connectivity index (χ0n) is 10.6. The van der Waals surface area contributed by atoms with Crippen LogP contribution in [0.15, 0.2) is 18.2 Å². The molecule has 3 heteroatoms. The van der Waals surface area contributed by atoms with E-state index < -0.39 is 0 Å². The molecule has 2 nitrogen and oxygen atoms in total. The van der Waals surface area contributed by atoms with Crippen molar-refractivity contribution in [2.45, 2.75) is 32.7 Å². The molecule has 0 saturated carbocycles. The number of halogens is 1. The first-order valence-electron chi connectivity index (χ1n) is 6.35. The molecular weight excluding hydrogens is 215 g/mol. The van der Waals surface area contributed by atoms with Gasteiger partial charge in [-0.05, 0) is 36.5 Å². The van der Waals surface area contributed by atoms with E-state index in [-0.39, 0.29) is 11.9 Å². The maximum absolute atomic E-state index is 13.2. The van der Waals surface area contributed by atoms with Gasteiger partial charge in [0.25, 0.3) is 0 Å². The molecule has 0 aromatic heterocycles. The predicted octanol–water partition coefficient (Wildman–Crippen LogP) is 2.56. The van der Waals surface area contributed by atoms with E-state index in [4.69, 9.17) is 5.73 Å². The van der Waals surface area contributed by atoms with Crippen molar-refractivity contribution in [2.24, 2.45) is 11.7 Å². The highest BCUT2D eigenvalue weighted by Crippen LogP contribution is 2.28. The third-order valence-electron chi connectivity index (χ3n) is 3.27. The minimum atomic E-state index is -0.159. The van der Waals surface area contributed by atoms with Crippen molar-refractivity contribution in [3.63, 3.8) is 0 Å². The van der Waals surface area contributed by atoms with E-state index in [1.54, 1.807) is 6.07 Å². The summed E-state index contributed by atoms with van der Waals surface area (Å²) in [5.41, 5.74) is 8.38. The molecule has 1 aromatic rings. The van der Waals surface area contributed by atoms with Crippen molar-refractivity contribution < 1.29 is 4.39 Å². The summed E-state index contributed by atoms with van der Waals surface area (Å²) in [6.45, 7) is 6.15. The van der Waals surface area contributed by atoms with Gasteiger partial charge in [0.15, 0.2) is 0 Å². The minimum Gasteiger partial charge on any atom is -0.369 e. The van der Waals surface area contributed by atoms with Crippen molar-refractivity contribution in [2.75, 3.05) is 18.0 Å². The Labute approximate surface area is 103 Å². The molecular formula is C14H21FN2. The van der Waals surface area contributed by atoms with Gasteiger partial charge in [0.2, 0.25) is 0 Å². The summed E-state index contributed by atoms with van der Waals surface area (Å²) in [6.07, 6.45) is 2.02. The molecule has 1 aromatic carbocycles. The topological polar surface area (TPSA) is 29.3 Å². The molecule has 1 atom stereocenters. The highest BCUT2D eigenvalue weighted by atomic mass is 19.1. The van der Waals surface area contributed by atoms with Gasteiger partial charge in [0.05, 0.1) is 0 Å². The Bertz CT molecular complexity index is 390. The maximum atomic E-state index is 13.2. The van der Waals surface area contributed by atoms with Gasteiger partial charge in [-0.25, -0.2) is 4.39 Å². The fourth-order valence-electron chi connectivity index (χ4n) is 2.57. The molecule has 0 spiro atoms. The molecule has 0 fully saturated rings. The van der Waals surface area contributed by atoms with E-state index in [2.05, 4.69) is 18.7 Å². The van der Waals surface area contributed by atoms with Crippen LogP contribution in [0.4, 0.5) is 10.1 Å². The van der Waals surface area contributed by atoms with Crippen molar-refractivity contribution in [1.29, 1.82) is 0 Å². The molecule has 2 N–H and O–H groups in total. The van der Waals surface area contributed by atoms with Gasteiger partial charge >= 0.3 is 0 Å². The monoisotopic (exact) mass is 236 g/mol. The third-order valence-corrected chi connectivity index (χ3v) is 3.27. The van der Waals surface area contributed by atoms with Crippen LogP contribution in [0.5, 0.6) is 0 Å². The Morgan fingerprint density at radius 2 is 2.18 bits per heavy atom. The van der Waals surface area contributed by atoms with Crippen LogP contribution in [0, 0.1) is 11.7 Å². The van der Waals surface area contributed by atoms with E-state index in [1.165, 1.54) is 11.6 Å². The Hall–Kier alpha value is -1.09. The molecule has 94 valence electrons.